The van der Waals surface area contributed by atoms with Gasteiger partial charge in [-0.3, -0.25) is 0 Å². The van der Waals surface area contributed by atoms with E-state index in [1.807, 2.05) is 24.3 Å². The fourth-order valence-electron chi connectivity index (χ4n) is 2.34. The Kier molecular flexibility index (Phi) is 5.88. The van der Waals surface area contributed by atoms with Crippen molar-refractivity contribution in [3.63, 3.8) is 0 Å². The first-order valence-electron chi connectivity index (χ1n) is 7.42. The Morgan fingerprint density at radius 3 is 2.19 bits per heavy atom. The standard InChI is InChI=1S/C17H22BrN3/c1-4-10-19-11-9-16-12(2)20-17(21-13(16)3)14-5-7-15(18)8-6-14/h5-8,19H,4,9-11H2,1-3H3. The molecule has 0 aliphatic heterocycles. The summed E-state index contributed by atoms with van der Waals surface area (Å²) in [6.07, 6.45) is 2.15. The van der Waals surface area contributed by atoms with Crippen LogP contribution in [0.1, 0.15) is 30.3 Å². The molecule has 0 saturated carbocycles. The van der Waals surface area contributed by atoms with Crippen molar-refractivity contribution in [2.24, 2.45) is 0 Å². The Morgan fingerprint density at radius 2 is 1.62 bits per heavy atom. The molecule has 4 heteroatoms. The quantitative estimate of drug-likeness (QED) is 0.800. The van der Waals surface area contributed by atoms with Gasteiger partial charge in [0.1, 0.15) is 0 Å². The molecule has 1 aromatic carbocycles. The molecular weight excluding hydrogens is 326 g/mol. The molecule has 0 aliphatic carbocycles. The van der Waals surface area contributed by atoms with Crippen LogP contribution >= 0.6 is 15.9 Å². The van der Waals surface area contributed by atoms with Crippen LogP contribution in [0.4, 0.5) is 0 Å². The van der Waals surface area contributed by atoms with E-state index in [1.54, 1.807) is 0 Å². The van der Waals surface area contributed by atoms with Crippen molar-refractivity contribution in [1.82, 2.24) is 15.3 Å². The van der Waals surface area contributed by atoms with Crippen molar-refractivity contribution in [3.8, 4) is 11.4 Å². The highest BCUT2D eigenvalue weighted by atomic mass is 79.9. The minimum atomic E-state index is 0.808. The normalized spacial score (nSPS) is 10.9. The number of hydrogen-bond donors (Lipinski definition) is 1. The molecule has 0 spiro atoms. The highest BCUT2D eigenvalue weighted by Gasteiger charge is 2.09. The van der Waals surface area contributed by atoms with Crippen LogP contribution in [0.5, 0.6) is 0 Å². The van der Waals surface area contributed by atoms with Crippen LogP contribution in [0.25, 0.3) is 11.4 Å². The van der Waals surface area contributed by atoms with Crippen molar-refractivity contribution in [1.29, 1.82) is 0 Å². The van der Waals surface area contributed by atoms with Gasteiger partial charge in [0.2, 0.25) is 0 Å². The molecule has 1 N–H and O–H groups in total. The molecule has 1 aromatic heterocycles. The third kappa shape index (κ3) is 4.35. The largest absolute Gasteiger partial charge is 0.316 e. The predicted octanol–water partition coefficient (Wildman–Crippen LogP) is 4.07. The number of benzene rings is 1. The Bertz CT molecular complexity index is 570. The first-order valence-corrected chi connectivity index (χ1v) is 8.22. The summed E-state index contributed by atoms with van der Waals surface area (Å²) >= 11 is 3.45. The summed E-state index contributed by atoms with van der Waals surface area (Å²) in [5, 5.41) is 3.43. The topological polar surface area (TPSA) is 37.8 Å². The summed E-state index contributed by atoms with van der Waals surface area (Å²) in [5.41, 5.74) is 4.48. The van der Waals surface area contributed by atoms with E-state index in [9.17, 15) is 0 Å². The lowest BCUT2D eigenvalue weighted by atomic mass is 10.1. The lowest BCUT2D eigenvalue weighted by Gasteiger charge is -2.11. The first kappa shape index (κ1) is 16.1. The van der Waals surface area contributed by atoms with Gasteiger partial charge in [-0.25, -0.2) is 9.97 Å². The molecule has 2 aromatic rings. The van der Waals surface area contributed by atoms with Crippen molar-refractivity contribution < 1.29 is 0 Å². The summed E-state index contributed by atoms with van der Waals surface area (Å²) in [5.74, 6) is 0.808. The van der Waals surface area contributed by atoms with Crippen LogP contribution in [0.3, 0.4) is 0 Å². The average Bonchev–Trinajstić information content (AvgIpc) is 2.46. The molecule has 112 valence electrons. The summed E-state index contributed by atoms with van der Waals surface area (Å²) in [6.45, 7) is 8.38. The van der Waals surface area contributed by atoms with Crippen LogP contribution in [0.2, 0.25) is 0 Å². The highest BCUT2D eigenvalue weighted by Crippen LogP contribution is 2.21. The van der Waals surface area contributed by atoms with E-state index in [0.717, 1.165) is 53.2 Å². The number of nitrogens with one attached hydrogen (secondary N) is 1. The second-order valence-electron chi connectivity index (χ2n) is 5.20. The molecule has 0 atom stereocenters. The number of aromatic nitrogens is 2. The monoisotopic (exact) mass is 347 g/mol. The smallest absolute Gasteiger partial charge is 0.159 e. The van der Waals surface area contributed by atoms with E-state index in [-0.39, 0.29) is 0 Å². The third-order valence-electron chi connectivity index (χ3n) is 3.50. The van der Waals surface area contributed by atoms with Gasteiger partial charge in [-0.2, -0.15) is 0 Å². The van der Waals surface area contributed by atoms with Gasteiger partial charge in [0.25, 0.3) is 0 Å². The number of rotatable bonds is 6. The Morgan fingerprint density at radius 1 is 1.00 bits per heavy atom. The van der Waals surface area contributed by atoms with E-state index < -0.39 is 0 Å². The number of nitrogens with zero attached hydrogens (tertiary/aromatic N) is 2. The second kappa shape index (κ2) is 7.66. The van der Waals surface area contributed by atoms with Gasteiger partial charge >= 0.3 is 0 Å². The van der Waals surface area contributed by atoms with E-state index >= 15 is 0 Å². The van der Waals surface area contributed by atoms with Crippen molar-refractivity contribution >= 4 is 15.9 Å². The fraction of sp³-hybridized carbons (Fsp3) is 0.412. The van der Waals surface area contributed by atoms with Gasteiger partial charge in [-0.05, 0) is 57.5 Å². The summed E-state index contributed by atoms with van der Waals surface area (Å²) in [6, 6.07) is 8.12. The van der Waals surface area contributed by atoms with Crippen LogP contribution < -0.4 is 5.32 Å². The van der Waals surface area contributed by atoms with E-state index in [4.69, 9.17) is 0 Å². The SMILES string of the molecule is CCCNCCc1c(C)nc(-c2ccc(Br)cc2)nc1C. The predicted molar refractivity (Wildman–Crippen MR) is 91.5 cm³/mol. The molecule has 0 saturated heterocycles. The summed E-state index contributed by atoms with van der Waals surface area (Å²) < 4.78 is 1.07. The Balaban J connectivity index is 2.18. The highest BCUT2D eigenvalue weighted by molar-refractivity contribution is 9.10. The first-order chi connectivity index (χ1) is 10.1. The fourth-order valence-corrected chi connectivity index (χ4v) is 2.61. The maximum atomic E-state index is 4.68. The average molecular weight is 348 g/mol. The van der Waals surface area contributed by atoms with E-state index in [0.29, 0.717) is 0 Å². The van der Waals surface area contributed by atoms with Gasteiger partial charge < -0.3 is 5.32 Å². The zero-order chi connectivity index (χ0) is 15.2. The van der Waals surface area contributed by atoms with Gasteiger partial charge in [0.15, 0.2) is 5.82 Å². The molecule has 21 heavy (non-hydrogen) atoms. The molecular formula is C17H22BrN3. The molecule has 0 radical (unpaired) electrons. The molecule has 0 bridgehead atoms. The molecule has 1 heterocycles. The molecule has 0 amide bonds. The number of halogens is 1. The zero-order valence-corrected chi connectivity index (χ0v) is 14.5. The van der Waals surface area contributed by atoms with Crippen LogP contribution in [0, 0.1) is 13.8 Å². The van der Waals surface area contributed by atoms with Crippen molar-refractivity contribution in [3.05, 3.63) is 45.7 Å². The Labute approximate surface area is 135 Å². The molecule has 0 aliphatic rings. The van der Waals surface area contributed by atoms with Gasteiger partial charge in [-0.1, -0.05) is 35.0 Å². The van der Waals surface area contributed by atoms with E-state index in [1.165, 1.54) is 5.56 Å². The van der Waals surface area contributed by atoms with Crippen molar-refractivity contribution in [2.45, 2.75) is 33.6 Å². The molecule has 0 fully saturated rings. The van der Waals surface area contributed by atoms with Gasteiger partial charge in [-0.15, -0.1) is 0 Å². The summed E-state index contributed by atoms with van der Waals surface area (Å²) in [4.78, 5) is 9.36. The minimum absolute atomic E-state index is 0.808. The lowest BCUT2D eigenvalue weighted by Crippen LogP contribution is -2.19. The lowest BCUT2D eigenvalue weighted by molar-refractivity contribution is 0.666. The maximum absolute atomic E-state index is 4.68. The maximum Gasteiger partial charge on any atom is 0.159 e. The zero-order valence-electron chi connectivity index (χ0n) is 12.9. The second-order valence-corrected chi connectivity index (χ2v) is 6.12. The van der Waals surface area contributed by atoms with Gasteiger partial charge in [0, 0.05) is 21.4 Å². The number of hydrogen-bond acceptors (Lipinski definition) is 3. The molecule has 2 rings (SSSR count). The molecule has 3 nitrogen and oxygen atoms in total. The van der Waals surface area contributed by atoms with Crippen LogP contribution in [-0.2, 0) is 6.42 Å². The Hall–Kier alpha value is -1.26. The van der Waals surface area contributed by atoms with Crippen molar-refractivity contribution in [2.75, 3.05) is 13.1 Å². The van der Waals surface area contributed by atoms with E-state index in [2.05, 4.69) is 52.0 Å². The van der Waals surface area contributed by atoms with Gasteiger partial charge in [0.05, 0.1) is 0 Å². The summed E-state index contributed by atoms with van der Waals surface area (Å²) in [7, 11) is 0. The third-order valence-corrected chi connectivity index (χ3v) is 4.03. The molecule has 0 unspecified atom stereocenters. The van der Waals surface area contributed by atoms with Crippen LogP contribution in [0.15, 0.2) is 28.7 Å². The number of aryl methyl sites for hydroxylation is 2. The minimum Gasteiger partial charge on any atom is -0.316 e. The van der Waals surface area contributed by atoms with Crippen LogP contribution in [-0.4, -0.2) is 23.1 Å².